The lowest BCUT2D eigenvalue weighted by Crippen LogP contribution is -2.08. The number of hydrogen-bond donors (Lipinski definition) is 0. The van der Waals surface area contributed by atoms with Crippen LogP contribution in [-0.2, 0) is 33.2 Å². The predicted molar refractivity (Wildman–Crippen MR) is 86.5 cm³/mol. The maximum absolute atomic E-state index is 8.51. The van der Waals surface area contributed by atoms with Crippen LogP contribution in [0.1, 0.15) is 45.0 Å². The third kappa shape index (κ3) is 3.48. The molecule has 2 heterocycles. The monoisotopic (exact) mass is 286 g/mol. The van der Waals surface area contributed by atoms with Crippen molar-refractivity contribution in [2.45, 2.75) is 37.1 Å². The van der Waals surface area contributed by atoms with Gasteiger partial charge in [-0.15, -0.1) is 0 Å². The molecule has 0 nitrogen and oxygen atoms in total. The summed E-state index contributed by atoms with van der Waals surface area (Å²) >= 11 is 0. The van der Waals surface area contributed by atoms with Crippen molar-refractivity contribution in [3.05, 3.63) is 35.3 Å². The topological polar surface area (TPSA) is 0 Å². The van der Waals surface area contributed by atoms with Crippen molar-refractivity contribution >= 4 is 21.8 Å². The summed E-state index contributed by atoms with van der Waals surface area (Å²) in [5.41, 5.74) is -1.28. The fourth-order valence-electron chi connectivity index (χ4n) is 2.43. The summed E-state index contributed by atoms with van der Waals surface area (Å²) < 4.78 is 50.4. The van der Waals surface area contributed by atoms with Crippen molar-refractivity contribution in [2.75, 3.05) is 23.0 Å². The molecule has 0 aliphatic carbocycles. The van der Waals surface area contributed by atoms with Gasteiger partial charge >= 0.3 is 0 Å². The van der Waals surface area contributed by atoms with E-state index in [1.807, 2.05) is 0 Å². The fourth-order valence-corrected chi connectivity index (χ4v) is 6.60. The van der Waals surface area contributed by atoms with Crippen LogP contribution in [0.3, 0.4) is 0 Å². The van der Waals surface area contributed by atoms with Crippen molar-refractivity contribution in [1.82, 2.24) is 0 Å². The van der Waals surface area contributed by atoms with Crippen LogP contribution in [-0.4, -0.2) is 23.0 Å². The maximum Gasteiger partial charge on any atom is 0.133 e. The van der Waals surface area contributed by atoms with Crippen LogP contribution in [0, 0.1) is 0 Å². The highest BCUT2D eigenvalue weighted by molar-refractivity contribution is 7.96. The Labute approximate surface area is 126 Å². The smallest absolute Gasteiger partial charge is 0.0539 e. The van der Waals surface area contributed by atoms with Crippen LogP contribution in [0.15, 0.2) is 24.2 Å². The minimum Gasteiger partial charge on any atom is -0.0539 e. The molecule has 0 bridgehead atoms. The van der Waals surface area contributed by atoms with Gasteiger partial charge in [-0.3, -0.25) is 0 Å². The van der Waals surface area contributed by atoms with Crippen molar-refractivity contribution < 1.29 is 8.22 Å². The Bertz CT molecular complexity index is 592. The minimum atomic E-state index is -1.76. The normalized spacial score (nSPS) is 27.3. The molecule has 18 heavy (non-hydrogen) atoms. The molecule has 0 spiro atoms. The first-order valence-corrected chi connectivity index (χ1v) is 10.0. The van der Waals surface area contributed by atoms with Crippen LogP contribution in [0.5, 0.6) is 0 Å². The van der Waals surface area contributed by atoms with Crippen LogP contribution in [0.2, 0.25) is 0 Å². The van der Waals surface area contributed by atoms with Crippen LogP contribution >= 0.6 is 0 Å². The fraction of sp³-hybridized carbons (Fsp3) is 0.625. The van der Waals surface area contributed by atoms with E-state index in [2.05, 4.69) is 0 Å². The quantitative estimate of drug-likeness (QED) is 0.743. The molecule has 0 unspecified atom stereocenters. The molecule has 0 saturated carbocycles. The van der Waals surface area contributed by atoms with E-state index in [4.69, 9.17) is 8.22 Å². The molecule has 0 aromatic heterocycles. The summed E-state index contributed by atoms with van der Waals surface area (Å²) in [6, 6.07) is -0.342. The average Bonchev–Trinajstić information content (AvgIpc) is 3.22. The van der Waals surface area contributed by atoms with Gasteiger partial charge in [-0.2, -0.15) is 0 Å². The molecule has 2 fully saturated rings. The van der Waals surface area contributed by atoms with E-state index in [9.17, 15) is 0 Å². The van der Waals surface area contributed by atoms with Gasteiger partial charge in [0.25, 0.3) is 0 Å². The maximum atomic E-state index is 8.51. The molecule has 3 rings (SSSR count). The first kappa shape index (κ1) is 7.64. The second-order valence-electron chi connectivity index (χ2n) is 4.94. The highest BCUT2D eigenvalue weighted by Gasteiger charge is 2.25. The summed E-state index contributed by atoms with van der Waals surface area (Å²) in [6.45, 7) is 0. The molecule has 2 saturated heterocycles. The Kier molecular flexibility index (Phi) is 2.71. The van der Waals surface area contributed by atoms with Gasteiger partial charge in [0.2, 0.25) is 0 Å². The highest BCUT2D eigenvalue weighted by Crippen LogP contribution is 2.21. The van der Waals surface area contributed by atoms with Crippen LogP contribution < -0.4 is 0 Å². The summed E-state index contributed by atoms with van der Waals surface area (Å²) in [5, 5.41) is 0. The molecule has 0 N–H and O–H groups in total. The Morgan fingerprint density at radius 2 is 1.33 bits per heavy atom. The Hall–Kier alpha value is -0.0800. The summed E-state index contributed by atoms with van der Waals surface area (Å²) in [6.07, 6.45) is 4.36. The molecule has 2 aliphatic heterocycles. The number of benzene rings is 1. The predicted octanol–water partition coefficient (Wildman–Crippen LogP) is 3.51. The first-order chi connectivity index (χ1) is 11.3. The summed E-state index contributed by atoms with van der Waals surface area (Å²) in [4.78, 5) is 0. The zero-order valence-corrected chi connectivity index (χ0v) is 12.3. The van der Waals surface area contributed by atoms with E-state index in [1.165, 1.54) is 12.8 Å². The highest BCUT2D eigenvalue weighted by atomic mass is 32.2. The molecular formula is C16H24S2+2. The van der Waals surface area contributed by atoms with Gasteiger partial charge in [-0.25, -0.2) is 0 Å². The van der Waals surface area contributed by atoms with E-state index in [-0.39, 0.29) is 40.6 Å². The third-order valence-corrected chi connectivity index (χ3v) is 7.90. The first-order valence-electron chi connectivity index (χ1n) is 9.75. The van der Waals surface area contributed by atoms with Gasteiger partial charge in [0.1, 0.15) is 34.5 Å². The molecule has 98 valence electrons. The van der Waals surface area contributed by atoms with Crippen molar-refractivity contribution in [3.63, 3.8) is 0 Å². The van der Waals surface area contributed by atoms with E-state index >= 15 is 0 Å². The molecule has 2 aliphatic rings. The van der Waals surface area contributed by atoms with Gasteiger partial charge < -0.3 is 0 Å². The zero-order valence-electron chi connectivity index (χ0n) is 16.7. The Morgan fingerprint density at radius 3 is 1.94 bits per heavy atom. The second-order valence-corrected chi connectivity index (χ2v) is 9.27. The van der Waals surface area contributed by atoms with Crippen LogP contribution in [0.25, 0.3) is 0 Å². The summed E-state index contributed by atoms with van der Waals surface area (Å²) in [5.74, 6) is 4.43. The van der Waals surface area contributed by atoms with E-state index < -0.39 is 16.6 Å². The van der Waals surface area contributed by atoms with Gasteiger partial charge in [0.05, 0.1) is 8.22 Å². The largest absolute Gasteiger partial charge is 0.133 e. The van der Waals surface area contributed by atoms with Gasteiger partial charge in [-0.1, -0.05) is 24.2 Å². The lowest BCUT2D eigenvalue weighted by atomic mass is 10.2. The SMILES string of the molecule is [2H]c1c([2H])c(C([2H])([2H])[S+]2CCCC2)c([2H])c([2H])c1C[S+]1CCCC1. The van der Waals surface area contributed by atoms with E-state index in [0.29, 0.717) is 11.3 Å². The Balaban J connectivity index is 2.02. The third-order valence-electron chi connectivity index (χ3n) is 3.42. The molecular weight excluding hydrogens is 256 g/mol. The number of hydrogen-bond acceptors (Lipinski definition) is 0. The van der Waals surface area contributed by atoms with Crippen molar-refractivity contribution in [3.8, 4) is 0 Å². The molecule has 0 amide bonds. The lowest BCUT2D eigenvalue weighted by molar-refractivity contribution is 0.949. The van der Waals surface area contributed by atoms with E-state index in [0.717, 1.165) is 35.9 Å². The average molecular weight is 287 g/mol. The molecule has 2 heteroatoms. The molecule has 0 radical (unpaired) electrons. The zero-order chi connectivity index (χ0) is 17.5. The van der Waals surface area contributed by atoms with Gasteiger partial charge in [0, 0.05) is 11.1 Å². The van der Waals surface area contributed by atoms with E-state index in [1.54, 1.807) is 0 Å². The standard InChI is InChI=1S/C16H24S2/c1-2-10-17(9-1)13-15-5-7-16(8-6-15)14-18-11-3-4-12-18/h5-8H,1-4,9-14H2/q+2/i5D,6D,7D,8D,13D2. The Morgan fingerprint density at radius 1 is 0.833 bits per heavy atom. The lowest BCUT2D eigenvalue weighted by Gasteiger charge is -2.04. The minimum absolute atomic E-state index is 0.0127. The van der Waals surface area contributed by atoms with Gasteiger partial charge in [-0.05, 0) is 47.5 Å². The van der Waals surface area contributed by atoms with Crippen molar-refractivity contribution in [2.24, 2.45) is 0 Å². The molecule has 1 aromatic carbocycles. The van der Waals surface area contributed by atoms with Crippen molar-refractivity contribution in [1.29, 1.82) is 0 Å². The second kappa shape index (κ2) is 6.38. The summed E-state index contributed by atoms with van der Waals surface area (Å²) in [7, 11) is -0.352. The molecule has 1 aromatic rings. The van der Waals surface area contributed by atoms with Crippen LogP contribution in [0.4, 0.5) is 0 Å². The molecule has 0 atom stereocenters. The van der Waals surface area contributed by atoms with Gasteiger partial charge in [0.15, 0.2) is 0 Å². The number of rotatable bonds is 4.